The van der Waals surface area contributed by atoms with Crippen molar-refractivity contribution >= 4 is 34.5 Å². The van der Waals surface area contributed by atoms with Gasteiger partial charge in [0, 0.05) is 47.9 Å². The summed E-state index contributed by atoms with van der Waals surface area (Å²) in [5.74, 6) is -0.429. The van der Waals surface area contributed by atoms with E-state index in [2.05, 4.69) is 50.2 Å². The molecule has 2 aliphatic rings. The number of amides is 2. The molecule has 214 valence electrons. The van der Waals surface area contributed by atoms with Gasteiger partial charge in [-0.1, -0.05) is 48.9 Å². The molecular formula is C34H36N6O2. The molecule has 0 radical (unpaired) electrons. The molecule has 3 heterocycles. The molecule has 1 aromatic heterocycles. The zero-order chi connectivity index (χ0) is 29.1. The highest BCUT2D eigenvalue weighted by Crippen LogP contribution is 2.38. The van der Waals surface area contributed by atoms with E-state index in [4.69, 9.17) is 0 Å². The molecule has 3 aromatic carbocycles. The predicted octanol–water partition coefficient (Wildman–Crippen LogP) is 5.83. The molecule has 1 fully saturated rings. The fourth-order valence-corrected chi connectivity index (χ4v) is 5.70. The lowest BCUT2D eigenvalue weighted by atomic mass is 9.99. The van der Waals surface area contributed by atoms with Crippen LogP contribution in [0.4, 0.5) is 11.4 Å². The number of nitrogens with one attached hydrogen (secondary N) is 3. The molecule has 2 amide bonds. The second-order valence-corrected chi connectivity index (χ2v) is 11.1. The van der Waals surface area contributed by atoms with Crippen LogP contribution in [-0.2, 0) is 18.4 Å². The molecule has 8 nitrogen and oxygen atoms in total. The SMILES string of the molecule is C[C@@H](NC(=O)c1ccc2c(c1)C(=C(Nc1ccc(CN3CCCCC3)cc1)c1cnn(C)c1)C(=O)N2)c1ccccc1. The Morgan fingerprint density at radius 3 is 2.45 bits per heavy atom. The van der Waals surface area contributed by atoms with Gasteiger partial charge in [0.25, 0.3) is 11.8 Å². The lowest BCUT2D eigenvalue weighted by molar-refractivity contribution is -0.110. The summed E-state index contributed by atoms with van der Waals surface area (Å²) in [5, 5.41) is 13.9. The van der Waals surface area contributed by atoms with E-state index < -0.39 is 0 Å². The van der Waals surface area contributed by atoms with Crippen molar-refractivity contribution in [2.24, 2.45) is 7.05 Å². The van der Waals surface area contributed by atoms with E-state index in [9.17, 15) is 9.59 Å². The number of carbonyl (C=O) groups excluding carboxylic acids is 2. The number of aryl methyl sites for hydroxylation is 1. The summed E-state index contributed by atoms with van der Waals surface area (Å²) in [5.41, 5.74) is 6.88. The summed E-state index contributed by atoms with van der Waals surface area (Å²) in [4.78, 5) is 29.2. The van der Waals surface area contributed by atoms with Crippen LogP contribution in [-0.4, -0.2) is 39.6 Å². The number of aromatic nitrogens is 2. The Balaban J connectivity index is 1.30. The lowest BCUT2D eigenvalue weighted by Crippen LogP contribution is -2.29. The van der Waals surface area contributed by atoms with E-state index in [0.717, 1.165) is 36.4 Å². The minimum atomic E-state index is -0.228. The van der Waals surface area contributed by atoms with Gasteiger partial charge in [-0.15, -0.1) is 0 Å². The molecule has 0 aliphatic carbocycles. The van der Waals surface area contributed by atoms with Crippen LogP contribution >= 0.6 is 0 Å². The number of nitrogens with zero attached hydrogens (tertiary/aromatic N) is 3. The molecule has 1 atom stereocenters. The van der Waals surface area contributed by atoms with Crippen LogP contribution < -0.4 is 16.0 Å². The van der Waals surface area contributed by atoms with E-state index in [1.807, 2.05) is 50.5 Å². The average Bonchev–Trinajstić information content (AvgIpc) is 3.59. The molecule has 0 unspecified atom stereocenters. The second kappa shape index (κ2) is 12.0. The Bertz CT molecular complexity index is 1620. The molecule has 8 heteroatoms. The number of anilines is 2. The van der Waals surface area contributed by atoms with Crippen molar-refractivity contribution in [1.82, 2.24) is 20.0 Å². The van der Waals surface area contributed by atoms with Crippen LogP contribution in [0.1, 0.15) is 64.8 Å². The molecular weight excluding hydrogens is 524 g/mol. The largest absolute Gasteiger partial charge is 0.354 e. The third kappa shape index (κ3) is 5.99. The van der Waals surface area contributed by atoms with Gasteiger partial charge in [0.2, 0.25) is 0 Å². The van der Waals surface area contributed by atoms with Crippen LogP contribution in [0.15, 0.2) is 85.2 Å². The first-order chi connectivity index (χ1) is 20.4. The third-order valence-electron chi connectivity index (χ3n) is 8.00. The topological polar surface area (TPSA) is 91.3 Å². The number of piperidine rings is 1. The van der Waals surface area contributed by atoms with Crippen LogP contribution in [0.25, 0.3) is 11.3 Å². The number of fused-ring (bicyclic) bond motifs is 1. The highest BCUT2D eigenvalue weighted by molar-refractivity contribution is 6.37. The Kier molecular flexibility index (Phi) is 7.88. The van der Waals surface area contributed by atoms with Crippen molar-refractivity contribution in [2.45, 2.75) is 38.8 Å². The van der Waals surface area contributed by atoms with Crippen molar-refractivity contribution < 1.29 is 9.59 Å². The first kappa shape index (κ1) is 27.5. The van der Waals surface area contributed by atoms with Crippen LogP contribution in [0.3, 0.4) is 0 Å². The Morgan fingerprint density at radius 1 is 0.976 bits per heavy atom. The second-order valence-electron chi connectivity index (χ2n) is 11.1. The van der Waals surface area contributed by atoms with Crippen molar-refractivity contribution in [1.29, 1.82) is 0 Å². The standard InChI is InChI=1S/C34H36N6O2/c1-23(25-9-5-3-6-10-25)36-33(41)26-13-16-30-29(19-26)31(34(42)38-30)32(27-20-35-39(2)22-27)37-28-14-11-24(12-15-28)21-40-17-7-4-8-18-40/h3,5-6,9-16,19-20,22-23,37H,4,7-8,17-18,21H2,1-2H3,(H,36,41)(H,38,42)/t23-/m1/s1. The Labute approximate surface area is 246 Å². The summed E-state index contributed by atoms with van der Waals surface area (Å²) >= 11 is 0. The number of hydrogen-bond acceptors (Lipinski definition) is 5. The Hall–Kier alpha value is -4.69. The molecule has 0 saturated carbocycles. The minimum absolute atomic E-state index is 0.160. The monoisotopic (exact) mass is 560 g/mol. The predicted molar refractivity (Wildman–Crippen MR) is 167 cm³/mol. The van der Waals surface area contributed by atoms with Gasteiger partial charge >= 0.3 is 0 Å². The zero-order valence-electron chi connectivity index (χ0n) is 24.1. The highest BCUT2D eigenvalue weighted by atomic mass is 16.2. The number of benzene rings is 3. The van der Waals surface area contributed by atoms with Gasteiger partial charge < -0.3 is 16.0 Å². The van der Waals surface area contributed by atoms with Gasteiger partial charge in [-0.05, 0) is 74.3 Å². The molecule has 6 rings (SSSR count). The van der Waals surface area contributed by atoms with E-state index in [0.29, 0.717) is 28.1 Å². The maximum atomic E-state index is 13.4. The van der Waals surface area contributed by atoms with E-state index in [-0.39, 0.29) is 17.9 Å². The average molecular weight is 561 g/mol. The fourth-order valence-electron chi connectivity index (χ4n) is 5.70. The molecule has 0 spiro atoms. The van der Waals surface area contributed by atoms with Crippen molar-refractivity contribution in [3.05, 3.63) is 113 Å². The van der Waals surface area contributed by atoms with Gasteiger partial charge in [0.05, 0.1) is 23.5 Å². The highest BCUT2D eigenvalue weighted by Gasteiger charge is 2.30. The molecule has 4 aromatic rings. The normalized spacial score (nSPS) is 16.9. The maximum Gasteiger partial charge on any atom is 0.258 e. The number of rotatable bonds is 8. The maximum absolute atomic E-state index is 13.4. The van der Waals surface area contributed by atoms with Crippen LogP contribution in [0.2, 0.25) is 0 Å². The number of carbonyl (C=O) groups is 2. The summed E-state index contributed by atoms with van der Waals surface area (Å²) in [6.45, 7) is 5.20. The van der Waals surface area contributed by atoms with E-state index in [1.165, 1.54) is 24.8 Å². The summed E-state index contributed by atoms with van der Waals surface area (Å²) in [7, 11) is 1.85. The van der Waals surface area contributed by atoms with Crippen molar-refractivity contribution in [3.63, 3.8) is 0 Å². The molecule has 1 saturated heterocycles. The van der Waals surface area contributed by atoms with Crippen LogP contribution in [0.5, 0.6) is 0 Å². The third-order valence-corrected chi connectivity index (χ3v) is 8.00. The van der Waals surface area contributed by atoms with Gasteiger partial charge in [0.1, 0.15) is 0 Å². The first-order valence-corrected chi connectivity index (χ1v) is 14.6. The van der Waals surface area contributed by atoms with Gasteiger partial charge in [0.15, 0.2) is 0 Å². The molecule has 42 heavy (non-hydrogen) atoms. The summed E-state index contributed by atoms with van der Waals surface area (Å²) < 4.78 is 1.71. The van der Waals surface area contributed by atoms with E-state index in [1.54, 1.807) is 29.1 Å². The van der Waals surface area contributed by atoms with Crippen molar-refractivity contribution in [3.8, 4) is 0 Å². The number of likely N-dealkylation sites (tertiary alicyclic amines) is 1. The van der Waals surface area contributed by atoms with Gasteiger partial charge in [-0.25, -0.2) is 0 Å². The summed E-state index contributed by atoms with van der Waals surface area (Å²) in [6, 6.07) is 23.4. The molecule has 0 bridgehead atoms. The minimum Gasteiger partial charge on any atom is -0.354 e. The Morgan fingerprint density at radius 2 is 1.74 bits per heavy atom. The van der Waals surface area contributed by atoms with Gasteiger partial charge in [-0.2, -0.15) is 5.10 Å². The molecule has 2 aliphatic heterocycles. The van der Waals surface area contributed by atoms with Gasteiger partial charge in [-0.3, -0.25) is 19.2 Å². The van der Waals surface area contributed by atoms with E-state index >= 15 is 0 Å². The lowest BCUT2D eigenvalue weighted by Gasteiger charge is -2.26. The zero-order valence-corrected chi connectivity index (χ0v) is 24.1. The number of hydrogen-bond donors (Lipinski definition) is 3. The van der Waals surface area contributed by atoms with Crippen LogP contribution in [0, 0.1) is 0 Å². The molecule has 3 N–H and O–H groups in total. The quantitative estimate of drug-likeness (QED) is 0.236. The summed E-state index contributed by atoms with van der Waals surface area (Å²) in [6.07, 6.45) is 7.47. The smallest absolute Gasteiger partial charge is 0.258 e. The fraction of sp³-hybridized carbons (Fsp3) is 0.265. The van der Waals surface area contributed by atoms with Crippen molar-refractivity contribution in [2.75, 3.05) is 23.7 Å². The first-order valence-electron chi connectivity index (χ1n) is 14.6.